The third kappa shape index (κ3) is 4.59. The van der Waals surface area contributed by atoms with Crippen molar-refractivity contribution in [2.75, 3.05) is 19.7 Å². The van der Waals surface area contributed by atoms with Crippen LogP contribution in [0, 0.1) is 6.92 Å². The Balaban J connectivity index is 1.33. The zero-order valence-corrected chi connectivity index (χ0v) is 16.7. The monoisotopic (exact) mass is 397 g/mol. The molecule has 0 radical (unpaired) electrons. The van der Waals surface area contributed by atoms with Crippen molar-refractivity contribution in [1.82, 2.24) is 15.0 Å². The summed E-state index contributed by atoms with van der Waals surface area (Å²) >= 11 is 1.75. The van der Waals surface area contributed by atoms with Crippen LogP contribution in [-0.2, 0) is 11.2 Å². The van der Waals surface area contributed by atoms with Crippen molar-refractivity contribution < 1.29 is 14.1 Å². The summed E-state index contributed by atoms with van der Waals surface area (Å²) in [5.41, 5.74) is 0. The van der Waals surface area contributed by atoms with Gasteiger partial charge in [-0.25, -0.2) is 0 Å². The van der Waals surface area contributed by atoms with Crippen LogP contribution in [0.3, 0.4) is 0 Å². The predicted octanol–water partition coefficient (Wildman–Crippen LogP) is 3.82. The van der Waals surface area contributed by atoms with Crippen LogP contribution in [-0.4, -0.2) is 40.6 Å². The topological polar surface area (TPSA) is 68.5 Å². The minimum absolute atomic E-state index is 0.0117. The van der Waals surface area contributed by atoms with Crippen molar-refractivity contribution in [3.8, 4) is 5.75 Å². The van der Waals surface area contributed by atoms with E-state index in [-0.39, 0.29) is 18.4 Å². The number of hydrogen-bond acceptors (Lipinski definition) is 6. The molecule has 0 aliphatic carbocycles. The van der Waals surface area contributed by atoms with E-state index in [4.69, 9.17) is 9.26 Å². The van der Waals surface area contributed by atoms with Crippen molar-refractivity contribution in [3.63, 3.8) is 0 Å². The lowest BCUT2D eigenvalue weighted by Gasteiger charge is -2.30. The maximum atomic E-state index is 12.5. The standard InChI is InChI=1S/C21H23N3O3S/c1-15-9-10-18(28-15)12-19-22-21(27-23-19)16-6-5-11-24(13-16)20(25)14-26-17-7-3-2-4-8-17/h2-4,7-10,16H,5-6,11-14H2,1H3. The number of hydrogen-bond donors (Lipinski definition) is 0. The molecule has 0 bridgehead atoms. The molecule has 1 aliphatic heterocycles. The molecule has 1 fully saturated rings. The van der Waals surface area contributed by atoms with E-state index in [9.17, 15) is 4.79 Å². The molecule has 1 saturated heterocycles. The first-order valence-corrected chi connectivity index (χ1v) is 10.3. The van der Waals surface area contributed by atoms with Crippen molar-refractivity contribution in [2.45, 2.75) is 32.1 Å². The summed E-state index contributed by atoms with van der Waals surface area (Å²) in [6.07, 6.45) is 2.55. The van der Waals surface area contributed by atoms with Crippen LogP contribution in [0.4, 0.5) is 0 Å². The molecule has 1 atom stereocenters. The summed E-state index contributed by atoms with van der Waals surface area (Å²) in [5.74, 6) is 2.11. The average molecular weight is 398 g/mol. The first-order chi connectivity index (χ1) is 13.7. The SMILES string of the molecule is Cc1ccc(Cc2noc(C3CCCN(C(=O)COc4ccccc4)C3)n2)s1. The summed E-state index contributed by atoms with van der Waals surface area (Å²) < 4.78 is 11.1. The molecule has 3 heterocycles. The Labute approximate surface area is 168 Å². The summed E-state index contributed by atoms with van der Waals surface area (Å²) in [5, 5.41) is 4.13. The van der Waals surface area contributed by atoms with Gasteiger partial charge in [0, 0.05) is 29.3 Å². The van der Waals surface area contributed by atoms with E-state index in [0.29, 0.717) is 30.4 Å². The number of thiophene rings is 1. The van der Waals surface area contributed by atoms with E-state index in [1.54, 1.807) is 11.3 Å². The average Bonchev–Trinajstić information content (AvgIpc) is 3.36. The molecule has 6 nitrogen and oxygen atoms in total. The molecule has 0 saturated carbocycles. The Hall–Kier alpha value is -2.67. The second-order valence-corrected chi connectivity index (χ2v) is 8.39. The lowest BCUT2D eigenvalue weighted by Crippen LogP contribution is -2.41. The molecule has 3 aromatic rings. The van der Waals surface area contributed by atoms with Crippen LogP contribution >= 0.6 is 11.3 Å². The van der Waals surface area contributed by atoms with Crippen molar-refractivity contribution >= 4 is 17.2 Å². The van der Waals surface area contributed by atoms with E-state index < -0.39 is 0 Å². The maximum Gasteiger partial charge on any atom is 0.260 e. The van der Waals surface area contributed by atoms with Crippen molar-refractivity contribution in [2.24, 2.45) is 0 Å². The minimum atomic E-state index is -0.0117. The number of benzene rings is 1. The largest absolute Gasteiger partial charge is 0.484 e. The number of aromatic nitrogens is 2. The van der Waals surface area contributed by atoms with Crippen LogP contribution in [0.5, 0.6) is 5.75 Å². The number of nitrogens with zero attached hydrogens (tertiary/aromatic N) is 3. The van der Waals surface area contributed by atoms with Gasteiger partial charge in [-0.15, -0.1) is 11.3 Å². The molecule has 1 unspecified atom stereocenters. The van der Waals surface area contributed by atoms with Gasteiger partial charge in [-0.3, -0.25) is 4.79 Å². The number of aryl methyl sites for hydroxylation is 1. The molecule has 146 valence electrons. The molecule has 0 N–H and O–H groups in total. The highest BCUT2D eigenvalue weighted by Crippen LogP contribution is 2.27. The van der Waals surface area contributed by atoms with E-state index in [1.807, 2.05) is 35.2 Å². The number of carbonyl (C=O) groups is 1. The molecule has 1 aliphatic rings. The number of ether oxygens (including phenoxy) is 1. The lowest BCUT2D eigenvalue weighted by molar-refractivity contribution is -0.134. The Morgan fingerprint density at radius 3 is 2.93 bits per heavy atom. The maximum absolute atomic E-state index is 12.5. The zero-order valence-electron chi connectivity index (χ0n) is 15.8. The fraction of sp³-hybridized carbons (Fsp3) is 0.381. The third-order valence-electron chi connectivity index (χ3n) is 4.84. The zero-order chi connectivity index (χ0) is 19.3. The third-order valence-corrected chi connectivity index (χ3v) is 5.84. The predicted molar refractivity (Wildman–Crippen MR) is 107 cm³/mol. The molecule has 1 aromatic carbocycles. The molecular formula is C21H23N3O3S. The minimum Gasteiger partial charge on any atom is -0.484 e. The number of likely N-dealkylation sites (tertiary alicyclic amines) is 1. The van der Waals surface area contributed by atoms with Crippen LogP contribution in [0.2, 0.25) is 0 Å². The van der Waals surface area contributed by atoms with Gasteiger partial charge in [0.05, 0.1) is 5.92 Å². The quantitative estimate of drug-likeness (QED) is 0.633. The Bertz CT molecular complexity index is 922. The Kier molecular flexibility index (Phi) is 5.71. The summed E-state index contributed by atoms with van der Waals surface area (Å²) in [4.78, 5) is 21.5. The highest BCUT2D eigenvalue weighted by molar-refractivity contribution is 7.11. The molecule has 1 amide bonds. The van der Waals surface area contributed by atoms with Gasteiger partial charge in [-0.2, -0.15) is 4.98 Å². The first kappa shape index (κ1) is 18.7. The number of para-hydroxylation sites is 1. The second-order valence-electron chi connectivity index (χ2n) is 7.02. The molecule has 4 rings (SSSR count). The van der Waals surface area contributed by atoms with E-state index in [0.717, 1.165) is 19.4 Å². The highest BCUT2D eigenvalue weighted by atomic mass is 32.1. The smallest absolute Gasteiger partial charge is 0.260 e. The molecule has 7 heteroatoms. The summed E-state index contributed by atoms with van der Waals surface area (Å²) in [6.45, 7) is 3.47. The van der Waals surface area contributed by atoms with Gasteiger partial charge in [-0.1, -0.05) is 23.4 Å². The van der Waals surface area contributed by atoms with Crippen molar-refractivity contribution in [1.29, 1.82) is 0 Å². The molecule has 28 heavy (non-hydrogen) atoms. The normalized spacial score (nSPS) is 16.9. The van der Waals surface area contributed by atoms with E-state index in [2.05, 4.69) is 29.2 Å². The van der Waals surface area contributed by atoms with Crippen LogP contribution in [0.25, 0.3) is 0 Å². The number of amides is 1. The molecule has 0 spiro atoms. The fourth-order valence-corrected chi connectivity index (χ4v) is 4.29. The van der Waals surface area contributed by atoms with Gasteiger partial charge in [0.25, 0.3) is 5.91 Å². The van der Waals surface area contributed by atoms with Gasteiger partial charge < -0.3 is 14.2 Å². The Morgan fingerprint density at radius 1 is 1.29 bits per heavy atom. The summed E-state index contributed by atoms with van der Waals surface area (Å²) in [7, 11) is 0. The fourth-order valence-electron chi connectivity index (χ4n) is 3.40. The first-order valence-electron chi connectivity index (χ1n) is 9.51. The number of piperidine rings is 1. The van der Waals surface area contributed by atoms with Gasteiger partial charge >= 0.3 is 0 Å². The van der Waals surface area contributed by atoms with Gasteiger partial charge in [0.15, 0.2) is 12.4 Å². The van der Waals surface area contributed by atoms with Crippen molar-refractivity contribution in [3.05, 3.63) is 63.9 Å². The molecule has 2 aromatic heterocycles. The lowest BCUT2D eigenvalue weighted by atomic mass is 9.98. The van der Waals surface area contributed by atoms with Gasteiger partial charge in [0.1, 0.15) is 5.75 Å². The van der Waals surface area contributed by atoms with Crippen LogP contribution in [0.15, 0.2) is 47.0 Å². The molecular weight excluding hydrogens is 374 g/mol. The van der Waals surface area contributed by atoms with Crippen LogP contribution in [0.1, 0.15) is 40.2 Å². The summed E-state index contributed by atoms with van der Waals surface area (Å²) in [6, 6.07) is 13.6. The van der Waals surface area contributed by atoms with E-state index >= 15 is 0 Å². The second kappa shape index (κ2) is 8.56. The number of rotatable bonds is 6. The van der Waals surface area contributed by atoms with Gasteiger partial charge in [-0.05, 0) is 44.0 Å². The Morgan fingerprint density at radius 2 is 2.14 bits per heavy atom. The van der Waals surface area contributed by atoms with E-state index in [1.165, 1.54) is 9.75 Å². The highest BCUT2D eigenvalue weighted by Gasteiger charge is 2.28. The van der Waals surface area contributed by atoms with Crippen LogP contribution < -0.4 is 4.74 Å². The number of carbonyl (C=O) groups excluding carboxylic acids is 1. The van der Waals surface area contributed by atoms with Gasteiger partial charge in [0.2, 0.25) is 5.89 Å².